The van der Waals surface area contributed by atoms with Crippen molar-refractivity contribution in [1.29, 1.82) is 0 Å². The van der Waals surface area contributed by atoms with Crippen LogP contribution in [-0.2, 0) is 11.3 Å². The third-order valence-corrected chi connectivity index (χ3v) is 5.36. The van der Waals surface area contributed by atoms with Crippen molar-refractivity contribution >= 4 is 17.3 Å². The van der Waals surface area contributed by atoms with E-state index in [0.717, 1.165) is 27.5 Å². The van der Waals surface area contributed by atoms with Crippen molar-refractivity contribution < 1.29 is 23.7 Å². The van der Waals surface area contributed by atoms with Gasteiger partial charge >= 0.3 is 5.97 Å². The van der Waals surface area contributed by atoms with Gasteiger partial charge in [0.2, 0.25) is 0 Å². The molecule has 2 aromatic carbocycles. The molecule has 3 aromatic rings. The summed E-state index contributed by atoms with van der Waals surface area (Å²) in [6.07, 6.45) is 0. The Hall–Kier alpha value is -2.99. The molecule has 0 unspecified atom stereocenters. The van der Waals surface area contributed by atoms with Crippen molar-refractivity contribution in [2.75, 3.05) is 20.3 Å². The molecular formula is C21H18O5S. The summed E-state index contributed by atoms with van der Waals surface area (Å²) in [5.74, 6) is 1.97. The highest BCUT2D eigenvalue weighted by atomic mass is 32.1. The van der Waals surface area contributed by atoms with Crippen molar-refractivity contribution in [2.24, 2.45) is 0 Å². The second kappa shape index (κ2) is 7.72. The van der Waals surface area contributed by atoms with Crippen LogP contribution in [0.15, 0.2) is 54.6 Å². The molecule has 138 valence electrons. The maximum Gasteiger partial charge on any atom is 0.348 e. The zero-order chi connectivity index (χ0) is 18.6. The molecule has 0 saturated carbocycles. The third-order valence-electron chi connectivity index (χ3n) is 4.17. The third kappa shape index (κ3) is 3.75. The molecule has 0 spiro atoms. The maximum atomic E-state index is 12.3. The summed E-state index contributed by atoms with van der Waals surface area (Å²) in [5.41, 5.74) is 2.03. The molecular weight excluding hydrogens is 364 g/mol. The number of ether oxygens (including phenoxy) is 4. The van der Waals surface area contributed by atoms with E-state index in [0.29, 0.717) is 17.2 Å². The van der Waals surface area contributed by atoms with Crippen molar-refractivity contribution in [1.82, 2.24) is 0 Å². The fourth-order valence-corrected chi connectivity index (χ4v) is 3.93. The molecule has 0 radical (unpaired) electrons. The van der Waals surface area contributed by atoms with Crippen LogP contribution in [0.5, 0.6) is 17.2 Å². The smallest absolute Gasteiger partial charge is 0.348 e. The summed E-state index contributed by atoms with van der Waals surface area (Å²) in [5, 5.41) is 0. The number of thiophene rings is 1. The lowest BCUT2D eigenvalue weighted by molar-refractivity contribution is 0.0456. The first-order chi connectivity index (χ1) is 13.2. The van der Waals surface area contributed by atoms with E-state index in [1.165, 1.54) is 11.3 Å². The largest absolute Gasteiger partial charge is 0.497 e. The molecule has 1 aliphatic heterocycles. The Morgan fingerprint density at radius 2 is 1.85 bits per heavy atom. The maximum absolute atomic E-state index is 12.3. The second-order valence-corrected chi connectivity index (χ2v) is 6.96. The van der Waals surface area contributed by atoms with Crippen LogP contribution in [0.2, 0.25) is 0 Å². The molecule has 0 atom stereocenters. The minimum Gasteiger partial charge on any atom is -0.497 e. The predicted octanol–water partition coefficient (Wildman–Crippen LogP) is 4.55. The Balaban J connectivity index is 1.34. The Kier molecular flexibility index (Phi) is 4.98. The van der Waals surface area contributed by atoms with Crippen molar-refractivity contribution in [3.05, 3.63) is 65.0 Å². The molecule has 1 aromatic heterocycles. The highest BCUT2D eigenvalue weighted by Crippen LogP contribution is 2.42. The monoisotopic (exact) mass is 382 g/mol. The van der Waals surface area contributed by atoms with Gasteiger partial charge in [0.05, 0.1) is 7.11 Å². The van der Waals surface area contributed by atoms with Gasteiger partial charge in [0, 0.05) is 16.0 Å². The Bertz CT molecular complexity index is 945. The molecule has 4 rings (SSSR count). The normalized spacial score (nSPS) is 11.7. The van der Waals surface area contributed by atoms with Crippen LogP contribution in [0.3, 0.4) is 0 Å². The number of hydrogen-bond donors (Lipinski definition) is 0. The van der Waals surface area contributed by atoms with Crippen molar-refractivity contribution in [3.63, 3.8) is 0 Å². The summed E-state index contributed by atoms with van der Waals surface area (Å²) in [4.78, 5) is 14.0. The number of methoxy groups -OCH3 is 1. The van der Waals surface area contributed by atoms with E-state index >= 15 is 0 Å². The van der Waals surface area contributed by atoms with Crippen LogP contribution in [0, 0.1) is 0 Å². The van der Waals surface area contributed by atoms with Crippen LogP contribution in [-0.4, -0.2) is 26.3 Å². The van der Waals surface area contributed by atoms with Gasteiger partial charge in [0.25, 0.3) is 0 Å². The zero-order valence-electron chi connectivity index (χ0n) is 14.8. The van der Waals surface area contributed by atoms with Gasteiger partial charge < -0.3 is 18.9 Å². The zero-order valence-corrected chi connectivity index (χ0v) is 15.6. The first kappa shape index (κ1) is 17.4. The lowest BCUT2D eigenvalue weighted by Crippen LogP contribution is -2.11. The SMILES string of the molecule is COc1ccc(OCCOC(=O)c2cc3c(s2)-c2ccccc2OC3)cc1. The van der Waals surface area contributed by atoms with Gasteiger partial charge in [0.15, 0.2) is 0 Å². The van der Waals surface area contributed by atoms with E-state index in [1.54, 1.807) is 7.11 Å². The molecule has 1 aliphatic rings. The standard InChI is InChI=1S/C21H18O5S/c1-23-15-6-8-16(9-7-15)24-10-11-25-21(22)19-12-14-13-26-18-5-3-2-4-17(18)20(14)27-19/h2-9,12H,10-11,13H2,1H3. The topological polar surface area (TPSA) is 54.0 Å². The minimum absolute atomic E-state index is 0.181. The number of fused-ring (bicyclic) bond motifs is 3. The molecule has 0 fully saturated rings. The fraction of sp³-hybridized carbons (Fsp3) is 0.190. The minimum atomic E-state index is -0.342. The van der Waals surface area contributed by atoms with Crippen molar-refractivity contribution in [3.8, 4) is 27.7 Å². The summed E-state index contributed by atoms with van der Waals surface area (Å²) < 4.78 is 21.7. The number of para-hydroxylation sites is 1. The fourth-order valence-electron chi connectivity index (χ4n) is 2.84. The predicted molar refractivity (Wildman–Crippen MR) is 103 cm³/mol. The second-order valence-electron chi connectivity index (χ2n) is 5.91. The molecule has 0 saturated heterocycles. The lowest BCUT2D eigenvalue weighted by Gasteiger charge is -2.16. The number of hydrogen-bond acceptors (Lipinski definition) is 6. The summed E-state index contributed by atoms with van der Waals surface area (Å²) in [6, 6.07) is 16.9. The number of benzene rings is 2. The first-order valence-electron chi connectivity index (χ1n) is 8.53. The van der Waals surface area contributed by atoms with E-state index in [-0.39, 0.29) is 19.2 Å². The molecule has 0 aliphatic carbocycles. The Labute approximate surface area is 161 Å². The van der Waals surface area contributed by atoms with Gasteiger partial charge in [-0.15, -0.1) is 11.3 Å². The highest BCUT2D eigenvalue weighted by molar-refractivity contribution is 7.17. The average molecular weight is 382 g/mol. The first-order valence-corrected chi connectivity index (χ1v) is 9.35. The van der Waals surface area contributed by atoms with Crippen LogP contribution < -0.4 is 14.2 Å². The Morgan fingerprint density at radius 1 is 1.07 bits per heavy atom. The number of carbonyl (C=O) groups is 1. The van der Waals surface area contributed by atoms with Gasteiger partial charge in [-0.1, -0.05) is 12.1 Å². The van der Waals surface area contributed by atoms with E-state index in [2.05, 4.69) is 0 Å². The van der Waals surface area contributed by atoms with Gasteiger partial charge in [-0.2, -0.15) is 0 Å². The molecule has 2 heterocycles. The summed E-state index contributed by atoms with van der Waals surface area (Å²) in [7, 11) is 1.61. The van der Waals surface area contributed by atoms with Crippen molar-refractivity contribution in [2.45, 2.75) is 6.61 Å². The van der Waals surface area contributed by atoms with Gasteiger partial charge in [-0.3, -0.25) is 0 Å². The number of esters is 1. The van der Waals surface area contributed by atoms with E-state index in [1.807, 2.05) is 54.6 Å². The highest BCUT2D eigenvalue weighted by Gasteiger charge is 2.22. The van der Waals surface area contributed by atoms with E-state index in [4.69, 9.17) is 18.9 Å². The average Bonchev–Trinajstić information content (AvgIpc) is 3.16. The van der Waals surface area contributed by atoms with Gasteiger partial charge in [-0.25, -0.2) is 4.79 Å². The van der Waals surface area contributed by atoms with Crippen LogP contribution >= 0.6 is 11.3 Å². The lowest BCUT2D eigenvalue weighted by atomic mass is 10.1. The number of carbonyl (C=O) groups excluding carboxylic acids is 1. The van der Waals surface area contributed by atoms with E-state index in [9.17, 15) is 4.79 Å². The van der Waals surface area contributed by atoms with Gasteiger partial charge in [-0.05, 0) is 42.5 Å². The molecule has 27 heavy (non-hydrogen) atoms. The van der Waals surface area contributed by atoms with Crippen LogP contribution in [0.25, 0.3) is 10.4 Å². The molecule has 0 bridgehead atoms. The molecule has 6 heteroatoms. The van der Waals surface area contributed by atoms with Crippen LogP contribution in [0.4, 0.5) is 0 Å². The summed E-state index contributed by atoms with van der Waals surface area (Å²) >= 11 is 1.44. The van der Waals surface area contributed by atoms with E-state index < -0.39 is 0 Å². The number of rotatable bonds is 6. The molecule has 5 nitrogen and oxygen atoms in total. The molecule has 0 N–H and O–H groups in total. The van der Waals surface area contributed by atoms with Crippen LogP contribution in [0.1, 0.15) is 15.2 Å². The Morgan fingerprint density at radius 3 is 2.67 bits per heavy atom. The quantitative estimate of drug-likeness (QED) is 0.462. The van der Waals surface area contributed by atoms with Gasteiger partial charge in [0.1, 0.15) is 41.9 Å². The molecule has 0 amide bonds. The summed E-state index contributed by atoms with van der Waals surface area (Å²) in [6.45, 7) is 0.937.